The second kappa shape index (κ2) is 12.3. The number of nitrogens with zero attached hydrogens (tertiary/aromatic N) is 1. The molecule has 13 rings (SSSR count). The van der Waals surface area contributed by atoms with E-state index >= 15 is 0 Å². The van der Waals surface area contributed by atoms with Crippen LogP contribution in [0.1, 0.15) is 25.0 Å². The molecule has 0 bridgehead atoms. The summed E-state index contributed by atoms with van der Waals surface area (Å²) in [6.07, 6.45) is 0. The van der Waals surface area contributed by atoms with Gasteiger partial charge in [0.05, 0.1) is 5.69 Å². The Morgan fingerprint density at radius 3 is 1.55 bits per heavy atom. The predicted octanol–water partition coefficient (Wildman–Crippen LogP) is 16.6. The first-order chi connectivity index (χ1) is 29.5. The van der Waals surface area contributed by atoms with Crippen LogP contribution >= 0.6 is 0 Å². The molecule has 1 aliphatic rings. The SMILES string of the molecule is CC1(C)c2ccccc2-c2c(N(c3ccc(-c4cccc5ccccc45)cc3)c3cc4ccc5cccc6c7cccc8ccc9cccc(c(c3)c4c56)c9c87)cccc21. The molecule has 0 aliphatic heterocycles. The molecule has 1 heteroatoms. The third kappa shape index (κ3) is 4.58. The van der Waals surface area contributed by atoms with Gasteiger partial charge in [-0.2, -0.15) is 0 Å². The van der Waals surface area contributed by atoms with E-state index in [4.69, 9.17) is 0 Å². The minimum Gasteiger partial charge on any atom is -0.310 e. The van der Waals surface area contributed by atoms with Crippen molar-refractivity contribution in [1.82, 2.24) is 0 Å². The summed E-state index contributed by atoms with van der Waals surface area (Å²) in [4.78, 5) is 2.53. The molecule has 1 aliphatic carbocycles. The Bertz CT molecular complexity index is 3730. The topological polar surface area (TPSA) is 3.24 Å². The summed E-state index contributed by atoms with van der Waals surface area (Å²) in [7, 11) is 0. The first-order valence-electron chi connectivity index (χ1n) is 21.1. The fraction of sp³-hybridized carbons (Fsp3) is 0.0508. The van der Waals surface area contributed by atoms with Crippen molar-refractivity contribution >= 4 is 92.5 Å². The van der Waals surface area contributed by atoms with E-state index in [-0.39, 0.29) is 5.41 Å². The highest BCUT2D eigenvalue weighted by atomic mass is 15.1. The molecule has 280 valence electrons. The van der Waals surface area contributed by atoms with Gasteiger partial charge in [0.1, 0.15) is 0 Å². The molecule has 12 aromatic carbocycles. The van der Waals surface area contributed by atoms with Crippen molar-refractivity contribution in [3.05, 3.63) is 211 Å². The number of hydrogen-bond acceptors (Lipinski definition) is 1. The maximum absolute atomic E-state index is 2.53. The average Bonchev–Trinajstić information content (AvgIpc) is 3.53. The molecule has 12 aromatic rings. The molecule has 0 saturated carbocycles. The van der Waals surface area contributed by atoms with Gasteiger partial charge < -0.3 is 4.90 Å². The van der Waals surface area contributed by atoms with Crippen LogP contribution in [0.3, 0.4) is 0 Å². The summed E-state index contributed by atoms with van der Waals surface area (Å²) in [6, 6.07) is 75.2. The van der Waals surface area contributed by atoms with Gasteiger partial charge in [0.2, 0.25) is 0 Å². The lowest BCUT2D eigenvalue weighted by Crippen LogP contribution is -2.16. The minimum absolute atomic E-state index is 0.131. The molecular formula is C59H39N. The van der Waals surface area contributed by atoms with Gasteiger partial charge in [-0.3, -0.25) is 0 Å². The molecule has 0 saturated heterocycles. The van der Waals surface area contributed by atoms with Crippen molar-refractivity contribution in [1.29, 1.82) is 0 Å². The Labute approximate surface area is 348 Å². The second-order valence-electron chi connectivity index (χ2n) is 17.2. The van der Waals surface area contributed by atoms with Crippen molar-refractivity contribution in [3.8, 4) is 22.3 Å². The van der Waals surface area contributed by atoms with Gasteiger partial charge in [-0.15, -0.1) is 0 Å². The molecule has 0 atom stereocenters. The van der Waals surface area contributed by atoms with Crippen LogP contribution in [0.25, 0.3) is 97.7 Å². The van der Waals surface area contributed by atoms with E-state index in [9.17, 15) is 0 Å². The molecule has 0 fully saturated rings. The number of fused-ring (bicyclic) bond motifs is 6. The largest absolute Gasteiger partial charge is 0.310 e. The van der Waals surface area contributed by atoms with Crippen molar-refractivity contribution in [2.24, 2.45) is 0 Å². The number of rotatable bonds is 4. The Morgan fingerprint density at radius 1 is 0.333 bits per heavy atom. The normalized spacial score (nSPS) is 13.3. The van der Waals surface area contributed by atoms with E-state index in [1.165, 1.54) is 114 Å². The average molecular weight is 762 g/mol. The van der Waals surface area contributed by atoms with E-state index in [2.05, 4.69) is 219 Å². The molecule has 0 heterocycles. The van der Waals surface area contributed by atoms with Gasteiger partial charge >= 0.3 is 0 Å². The summed E-state index contributed by atoms with van der Waals surface area (Å²) in [5.41, 5.74) is 11.1. The Hall–Kier alpha value is -7.48. The zero-order chi connectivity index (χ0) is 39.7. The van der Waals surface area contributed by atoms with Gasteiger partial charge in [0, 0.05) is 22.4 Å². The molecule has 0 spiro atoms. The molecule has 60 heavy (non-hydrogen) atoms. The van der Waals surface area contributed by atoms with Crippen LogP contribution in [0.5, 0.6) is 0 Å². The van der Waals surface area contributed by atoms with E-state index < -0.39 is 0 Å². The fourth-order valence-electron chi connectivity index (χ4n) is 11.0. The Morgan fingerprint density at radius 2 is 0.833 bits per heavy atom. The van der Waals surface area contributed by atoms with Crippen LogP contribution in [0.4, 0.5) is 17.1 Å². The molecule has 0 aromatic heterocycles. The van der Waals surface area contributed by atoms with Crippen molar-refractivity contribution in [2.45, 2.75) is 19.3 Å². The van der Waals surface area contributed by atoms with Gasteiger partial charge in [0.25, 0.3) is 0 Å². The summed E-state index contributed by atoms with van der Waals surface area (Å²) in [6.45, 7) is 4.75. The van der Waals surface area contributed by atoms with E-state index in [0.29, 0.717) is 0 Å². The summed E-state index contributed by atoms with van der Waals surface area (Å²) in [5.74, 6) is 0. The van der Waals surface area contributed by atoms with Crippen LogP contribution in [0, 0.1) is 0 Å². The smallest absolute Gasteiger partial charge is 0.0543 e. The van der Waals surface area contributed by atoms with Crippen LogP contribution < -0.4 is 4.90 Å². The highest BCUT2D eigenvalue weighted by Crippen LogP contribution is 2.55. The monoisotopic (exact) mass is 761 g/mol. The van der Waals surface area contributed by atoms with E-state index in [1.54, 1.807) is 0 Å². The zero-order valence-corrected chi connectivity index (χ0v) is 33.5. The van der Waals surface area contributed by atoms with E-state index in [1.807, 2.05) is 0 Å². The van der Waals surface area contributed by atoms with E-state index in [0.717, 1.165) is 11.4 Å². The summed E-state index contributed by atoms with van der Waals surface area (Å²) < 4.78 is 0. The summed E-state index contributed by atoms with van der Waals surface area (Å²) >= 11 is 0. The molecular weight excluding hydrogens is 723 g/mol. The Kier molecular flexibility index (Phi) is 6.85. The molecule has 0 N–H and O–H groups in total. The quantitative estimate of drug-likeness (QED) is 0.161. The third-order valence-corrected chi connectivity index (χ3v) is 13.7. The van der Waals surface area contributed by atoms with Crippen LogP contribution in [-0.4, -0.2) is 0 Å². The van der Waals surface area contributed by atoms with Crippen LogP contribution in [0.2, 0.25) is 0 Å². The third-order valence-electron chi connectivity index (χ3n) is 13.7. The van der Waals surface area contributed by atoms with Crippen molar-refractivity contribution < 1.29 is 0 Å². The zero-order valence-electron chi connectivity index (χ0n) is 33.5. The molecule has 0 unspecified atom stereocenters. The summed E-state index contributed by atoms with van der Waals surface area (Å²) in [5, 5.41) is 17.9. The maximum atomic E-state index is 2.53. The number of hydrogen-bond donors (Lipinski definition) is 0. The highest BCUT2D eigenvalue weighted by Gasteiger charge is 2.37. The number of benzene rings is 11. The molecule has 0 radical (unpaired) electrons. The second-order valence-corrected chi connectivity index (χ2v) is 17.2. The minimum atomic E-state index is -0.131. The maximum Gasteiger partial charge on any atom is 0.0543 e. The number of anilines is 3. The lowest BCUT2D eigenvalue weighted by atomic mass is 9.82. The highest BCUT2D eigenvalue weighted by molar-refractivity contribution is 6.37. The lowest BCUT2D eigenvalue weighted by molar-refractivity contribution is 0.660. The van der Waals surface area contributed by atoms with Crippen LogP contribution in [0.15, 0.2) is 200 Å². The Balaban J connectivity index is 1.15. The van der Waals surface area contributed by atoms with Gasteiger partial charge in [-0.25, -0.2) is 0 Å². The predicted molar refractivity (Wildman–Crippen MR) is 258 cm³/mol. The van der Waals surface area contributed by atoms with Gasteiger partial charge in [0.15, 0.2) is 0 Å². The van der Waals surface area contributed by atoms with Crippen molar-refractivity contribution in [3.63, 3.8) is 0 Å². The van der Waals surface area contributed by atoms with Gasteiger partial charge in [-0.1, -0.05) is 184 Å². The molecule has 0 amide bonds. The van der Waals surface area contributed by atoms with Crippen molar-refractivity contribution in [2.75, 3.05) is 4.90 Å². The van der Waals surface area contributed by atoms with Gasteiger partial charge in [-0.05, 0) is 134 Å². The first kappa shape index (κ1) is 33.5. The standard InChI is InChI=1S/C59H39N/c1-59(2)51-23-6-5-18-49(51)58-52(59)24-11-25-53(58)60(42-32-30-37(31-33-42)45-19-7-13-36-12-3-4-17-44(36)45)43-34-41-29-28-40-15-9-21-47-46-20-8-14-38-26-27-39-16-10-22-48(56(39)54(38)46)50(35-43)57(41)55(40)47/h3-35H,1-2H3. The first-order valence-corrected chi connectivity index (χ1v) is 21.1. The van der Waals surface area contributed by atoms with Crippen LogP contribution in [-0.2, 0) is 5.41 Å². The molecule has 1 nitrogen and oxygen atoms in total. The fourth-order valence-corrected chi connectivity index (χ4v) is 11.0. The lowest BCUT2D eigenvalue weighted by Gasteiger charge is -2.30.